The second-order valence-electron chi connectivity index (χ2n) is 5.86. The van der Waals surface area contributed by atoms with E-state index in [-0.39, 0.29) is 0 Å². The van der Waals surface area contributed by atoms with E-state index in [0.717, 1.165) is 23.1 Å². The third-order valence-electron chi connectivity index (χ3n) is 4.08. The summed E-state index contributed by atoms with van der Waals surface area (Å²) in [5.41, 5.74) is 4.63. The van der Waals surface area contributed by atoms with Gasteiger partial charge in [0.2, 0.25) is 0 Å². The Kier molecular flexibility index (Phi) is 4.80. The van der Waals surface area contributed by atoms with Gasteiger partial charge in [0.1, 0.15) is 0 Å². The van der Waals surface area contributed by atoms with E-state index in [1.54, 1.807) is 6.20 Å². The maximum atomic E-state index is 4.26. The van der Waals surface area contributed by atoms with Crippen molar-refractivity contribution in [3.8, 4) is 0 Å². The summed E-state index contributed by atoms with van der Waals surface area (Å²) in [6.45, 7) is 6.31. The van der Waals surface area contributed by atoms with Crippen molar-refractivity contribution in [1.29, 1.82) is 0 Å². The molecule has 0 bridgehead atoms. The number of hydrogen-bond acceptors (Lipinski definition) is 3. The molecule has 0 saturated heterocycles. The molecule has 120 valence electrons. The van der Waals surface area contributed by atoms with E-state index < -0.39 is 0 Å². The van der Waals surface area contributed by atoms with Crippen molar-refractivity contribution in [2.75, 3.05) is 0 Å². The van der Waals surface area contributed by atoms with Crippen LogP contribution in [0.15, 0.2) is 61.1 Å². The largest absolute Gasteiger partial charge is 0.264 e. The third kappa shape index (κ3) is 3.57. The van der Waals surface area contributed by atoms with Crippen LogP contribution in [0.5, 0.6) is 0 Å². The summed E-state index contributed by atoms with van der Waals surface area (Å²) in [4.78, 5) is 12.5. The number of aromatic nitrogens is 3. The average molecular weight is 315 g/mol. The first-order chi connectivity index (χ1) is 11.7. The van der Waals surface area contributed by atoms with Crippen LogP contribution in [0, 0.1) is 13.8 Å². The standard InChI is InChI=1S/C12H13N.C9H8N2/c1-3-10-7-11-4-5-13-8-12(11)6-9(10)2;1-7-4-5-8-3-2-6-10-9(8)11-7/h4-8H,3H2,1-2H3;2-6H,1H3. The Morgan fingerprint density at radius 2 is 1.75 bits per heavy atom. The number of nitrogens with zero attached hydrogens (tertiary/aromatic N) is 3. The Morgan fingerprint density at radius 3 is 2.58 bits per heavy atom. The first kappa shape index (κ1) is 16.1. The van der Waals surface area contributed by atoms with Crippen molar-refractivity contribution in [2.45, 2.75) is 27.2 Å². The molecular formula is C21H21N3. The minimum Gasteiger partial charge on any atom is -0.264 e. The van der Waals surface area contributed by atoms with E-state index in [4.69, 9.17) is 0 Å². The normalized spacial score (nSPS) is 10.5. The summed E-state index contributed by atoms with van der Waals surface area (Å²) in [6, 6.07) is 14.5. The van der Waals surface area contributed by atoms with Crippen LogP contribution in [0.3, 0.4) is 0 Å². The summed E-state index contributed by atoms with van der Waals surface area (Å²) in [6.07, 6.45) is 6.62. The Bertz CT molecular complexity index is 977. The highest BCUT2D eigenvalue weighted by Crippen LogP contribution is 2.18. The van der Waals surface area contributed by atoms with Gasteiger partial charge in [0.05, 0.1) is 0 Å². The molecule has 0 radical (unpaired) electrons. The first-order valence-electron chi connectivity index (χ1n) is 8.19. The van der Waals surface area contributed by atoms with Gasteiger partial charge in [-0.15, -0.1) is 0 Å². The third-order valence-corrected chi connectivity index (χ3v) is 4.08. The smallest absolute Gasteiger partial charge is 0.159 e. The zero-order chi connectivity index (χ0) is 16.9. The Labute approximate surface area is 142 Å². The molecule has 1 aromatic carbocycles. The minimum absolute atomic E-state index is 0.826. The van der Waals surface area contributed by atoms with E-state index in [1.165, 1.54) is 21.9 Å². The van der Waals surface area contributed by atoms with Gasteiger partial charge in [0, 0.05) is 35.1 Å². The van der Waals surface area contributed by atoms with Gasteiger partial charge in [-0.2, -0.15) is 0 Å². The predicted octanol–water partition coefficient (Wildman–Crippen LogP) is 5.04. The molecule has 0 aliphatic rings. The van der Waals surface area contributed by atoms with Crippen molar-refractivity contribution >= 4 is 21.8 Å². The highest BCUT2D eigenvalue weighted by molar-refractivity contribution is 5.83. The fourth-order valence-corrected chi connectivity index (χ4v) is 2.73. The highest BCUT2D eigenvalue weighted by atomic mass is 14.8. The number of benzene rings is 1. The lowest BCUT2D eigenvalue weighted by atomic mass is 10.0. The van der Waals surface area contributed by atoms with Gasteiger partial charge < -0.3 is 0 Å². The molecule has 4 rings (SSSR count). The van der Waals surface area contributed by atoms with Crippen LogP contribution in [0.1, 0.15) is 23.7 Å². The Morgan fingerprint density at radius 1 is 0.875 bits per heavy atom. The maximum absolute atomic E-state index is 4.26. The number of pyridine rings is 3. The zero-order valence-corrected chi connectivity index (χ0v) is 14.3. The number of fused-ring (bicyclic) bond motifs is 2. The molecule has 0 aliphatic carbocycles. The summed E-state index contributed by atoms with van der Waals surface area (Å²) in [5.74, 6) is 0. The zero-order valence-electron chi connectivity index (χ0n) is 14.3. The lowest BCUT2D eigenvalue weighted by Crippen LogP contribution is -1.87. The SMILES string of the molecule is CCc1cc2ccncc2cc1C.Cc1ccc2cccnc2n1. The monoisotopic (exact) mass is 315 g/mol. The average Bonchev–Trinajstić information content (AvgIpc) is 2.61. The lowest BCUT2D eigenvalue weighted by molar-refractivity contribution is 1.12. The van der Waals surface area contributed by atoms with E-state index in [1.807, 2.05) is 43.6 Å². The Balaban J connectivity index is 0.000000143. The van der Waals surface area contributed by atoms with Gasteiger partial charge in [-0.05, 0) is 73.2 Å². The predicted molar refractivity (Wildman–Crippen MR) is 100 cm³/mol. The minimum atomic E-state index is 0.826. The fourth-order valence-electron chi connectivity index (χ4n) is 2.73. The van der Waals surface area contributed by atoms with Crippen molar-refractivity contribution in [2.24, 2.45) is 0 Å². The fraction of sp³-hybridized carbons (Fsp3) is 0.190. The molecule has 3 nitrogen and oxygen atoms in total. The quantitative estimate of drug-likeness (QED) is 0.494. The molecule has 0 atom stereocenters. The van der Waals surface area contributed by atoms with E-state index in [0.29, 0.717) is 0 Å². The molecule has 0 saturated carbocycles. The molecule has 0 N–H and O–H groups in total. The van der Waals surface area contributed by atoms with Crippen LogP contribution in [-0.4, -0.2) is 15.0 Å². The topological polar surface area (TPSA) is 38.7 Å². The Hall–Kier alpha value is -2.81. The summed E-state index contributed by atoms with van der Waals surface area (Å²) < 4.78 is 0. The molecule has 0 amide bonds. The van der Waals surface area contributed by atoms with E-state index >= 15 is 0 Å². The molecule has 0 aliphatic heterocycles. The number of hydrogen-bond donors (Lipinski definition) is 0. The summed E-state index contributed by atoms with van der Waals surface area (Å²) in [5, 5.41) is 3.62. The van der Waals surface area contributed by atoms with Crippen molar-refractivity contribution < 1.29 is 0 Å². The molecule has 3 aromatic heterocycles. The van der Waals surface area contributed by atoms with Gasteiger partial charge in [-0.1, -0.05) is 13.0 Å². The molecule has 0 fully saturated rings. The summed E-state index contributed by atoms with van der Waals surface area (Å²) in [7, 11) is 0. The van der Waals surface area contributed by atoms with Gasteiger partial charge in [0.15, 0.2) is 5.65 Å². The molecule has 24 heavy (non-hydrogen) atoms. The van der Waals surface area contributed by atoms with Crippen molar-refractivity contribution in [3.05, 3.63) is 77.9 Å². The van der Waals surface area contributed by atoms with E-state index in [9.17, 15) is 0 Å². The molecule has 4 aromatic rings. The molecule has 3 heteroatoms. The van der Waals surface area contributed by atoms with Gasteiger partial charge in [0.25, 0.3) is 0 Å². The molecule has 0 unspecified atom stereocenters. The number of rotatable bonds is 1. The van der Waals surface area contributed by atoms with Crippen LogP contribution >= 0.6 is 0 Å². The second kappa shape index (κ2) is 7.18. The molecular weight excluding hydrogens is 294 g/mol. The highest BCUT2D eigenvalue weighted by Gasteiger charge is 1.98. The van der Waals surface area contributed by atoms with Gasteiger partial charge in [-0.3, -0.25) is 4.98 Å². The molecule has 0 spiro atoms. The van der Waals surface area contributed by atoms with Crippen LogP contribution in [0.25, 0.3) is 21.8 Å². The van der Waals surface area contributed by atoms with Crippen molar-refractivity contribution in [1.82, 2.24) is 15.0 Å². The molecule has 3 heterocycles. The number of aryl methyl sites for hydroxylation is 3. The lowest BCUT2D eigenvalue weighted by Gasteiger charge is -2.04. The first-order valence-corrected chi connectivity index (χ1v) is 8.19. The maximum Gasteiger partial charge on any atom is 0.159 e. The van der Waals surface area contributed by atoms with Crippen molar-refractivity contribution in [3.63, 3.8) is 0 Å². The van der Waals surface area contributed by atoms with Crippen LogP contribution in [-0.2, 0) is 6.42 Å². The van der Waals surface area contributed by atoms with Gasteiger partial charge in [-0.25, -0.2) is 9.97 Å². The van der Waals surface area contributed by atoms with Gasteiger partial charge >= 0.3 is 0 Å². The summed E-state index contributed by atoms with van der Waals surface area (Å²) >= 11 is 0. The second-order valence-corrected chi connectivity index (χ2v) is 5.86. The van der Waals surface area contributed by atoms with Crippen LogP contribution in [0.2, 0.25) is 0 Å². The van der Waals surface area contributed by atoms with Crippen LogP contribution in [0.4, 0.5) is 0 Å². The van der Waals surface area contributed by atoms with E-state index in [2.05, 4.69) is 47.0 Å². The van der Waals surface area contributed by atoms with Crippen LogP contribution < -0.4 is 0 Å².